The van der Waals surface area contributed by atoms with E-state index in [2.05, 4.69) is 28.0 Å². The van der Waals surface area contributed by atoms with Crippen LogP contribution in [0.2, 0.25) is 0 Å². The molecular weight excluding hydrogens is 198 g/mol. The second kappa shape index (κ2) is 3.81. The summed E-state index contributed by atoms with van der Waals surface area (Å²) in [5, 5.41) is 0. The quantitative estimate of drug-likeness (QED) is 0.850. The van der Waals surface area contributed by atoms with E-state index in [4.69, 9.17) is 0 Å². The van der Waals surface area contributed by atoms with E-state index in [0.717, 1.165) is 29.4 Å². The van der Waals surface area contributed by atoms with E-state index in [1.165, 1.54) is 19.3 Å². The number of para-hydroxylation sites is 2. The van der Waals surface area contributed by atoms with Crippen molar-refractivity contribution >= 4 is 17.0 Å². The van der Waals surface area contributed by atoms with Crippen LogP contribution in [0, 0.1) is 5.92 Å². The van der Waals surface area contributed by atoms with Crippen molar-refractivity contribution in [2.24, 2.45) is 5.92 Å². The Bertz CT molecular complexity index is 452. The molecule has 0 atom stereocenters. The van der Waals surface area contributed by atoms with Crippen molar-refractivity contribution < 1.29 is 0 Å². The standard InChI is InChI=1S/C13H17N3/c1-16(9-8-10-6-7-10)13-14-11-4-2-3-5-12(11)15-13/h2-5,10H,6-9H2,1H3,(H,14,15). The van der Waals surface area contributed by atoms with Gasteiger partial charge in [0.25, 0.3) is 0 Å². The molecule has 3 heteroatoms. The molecule has 1 aliphatic carbocycles. The van der Waals surface area contributed by atoms with Gasteiger partial charge in [0.15, 0.2) is 0 Å². The average Bonchev–Trinajstić information content (AvgIpc) is 3.02. The summed E-state index contributed by atoms with van der Waals surface area (Å²) in [6.07, 6.45) is 4.15. The SMILES string of the molecule is CN(CCC1CC1)c1nc2ccccc2[nH]1. The molecule has 0 aliphatic heterocycles. The number of hydrogen-bond donors (Lipinski definition) is 1. The molecule has 0 amide bonds. The van der Waals surface area contributed by atoms with Crippen molar-refractivity contribution in [3.05, 3.63) is 24.3 Å². The molecule has 0 spiro atoms. The predicted molar refractivity (Wildman–Crippen MR) is 66.7 cm³/mol. The van der Waals surface area contributed by atoms with Gasteiger partial charge in [-0.05, 0) is 24.5 Å². The van der Waals surface area contributed by atoms with Crippen LogP contribution in [0.4, 0.5) is 5.95 Å². The van der Waals surface area contributed by atoms with E-state index in [9.17, 15) is 0 Å². The lowest BCUT2D eigenvalue weighted by molar-refractivity contribution is 0.703. The van der Waals surface area contributed by atoms with E-state index in [1.807, 2.05) is 18.2 Å². The fraction of sp³-hybridized carbons (Fsp3) is 0.462. The van der Waals surface area contributed by atoms with Gasteiger partial charge in [-0.1, -0.05) is 25.0 Å². The first kappa shape index (κ1) is 9.70. The van der Waals surface area contributed by atoms with E-state index < -0.39 is 0 Å². The van der Waals surface area contributed by atoms with Crippen molar-refractivity contribution in [2.45, 2.75) is 19.3 Å². The van der Waals surface area contributed by atoms with Gasteiger partial charge in [0.05, 0.1) is 11.0 Å². The molecule has 0 saturated heterocycles. The monoisotopic (exact) mass is 215 g/mol. The zero-order valence-electron chi connectivity index (χ0n) is 9.61. The molecule has 1 saturated carbocycles. The number of rotatable bonds is 4. The summed E-state index contributed by atoms with van der Waals surface area (Å²) in [5.74, 6) is 1.97. The molecule has 3 nitrogen and oxygen atoms in total. The predicted octanol–water partition coefficient (Wildman–Crippen LogP) is 2.80. The average molecular weight is 215 g/mol. The summed E-state index contributed by atoms with van der Waals surface area (Å²) >= 11 is 0. The van der Waals surface area contributed by atoms with Gasteiger partial charge in [0.2, 0.25) is 5.95 Å². The Kier molecular flexibility index (Phi) is 2.31. The van der Waals surface area contributed by atoms with Gasteiger partial charge in [-0.3, -0.25) is 0 Å². The number of aromatic nitrogens is 2. The van der Waals surface area contributed by atoms with Crippen LogP contribution in [-0.2, 0) is 0 Å². The number of hydrogen-bond acceptors (Lipinski definition) is 2. The third-order valence-electron chi connectivity index (χ3n) is 3.31. The third-order valence-corrected chi connectivity index (χ3v) is 3.31. The molecule has 0 bridgehead atoms. The first-order valence-corrected chi connectivity index (χ1v) is 5.99. The lowest BCUT2D eigenvalue weighted by atomic mass is 10.3. The fourth-order valence-electron chi connectivity index (χ4n) is 2.01. The Morgan fingerprint density at radius 3 is 2.94 bits per heavy atom. The Morgan fingerprint density at radius 1 is 1.38 bits per heavy atom. The highest BCUT2D eigenvalue weighted by molar-refractivity contribution is 5.77. The maximum Gasteiger partial charge on any atom is 0.203 e. The largest absolute Gasteiger partial charge is 0.345 e. The number of H-pyrrole nitrogens is 1. The summed E-state index contributed by atoms with van der Waals surface area (Å²) in [7, 11) is 2.11. The molecule has 0 unspecified atom stereocenters. The normalized spacial score (nSPS) is 15.6. The Labute approximate surface area is 95.5 Å². The first-order chi connectivity index (χ1) is 7.83. The molecule has 84 valence electrons. The minimum absolute atomic E-state index is 0.979. The van der Waals surface area contributed by atoms with Gasteiger partial charge in [-0.25, -0.2) is 4.98 Å². The zero-order valence-corrected chi connectivity index (χ0v) is 9.61. The lowest BCUT2D eigenvalue weighted by Crippen LogP contribution is -2.20. The summed E-state index contributed by atoms with van der Waals surface area (Å²) in [6, 6.07) is 8.18. The number of benzene rings is 1. The number of nitrogens with zero attached hydrogens (tertiary/aromatic N) is 2. The van der Waals surface area contributed by atoms with Gasteiger partial charge in [0.1, 0.15) is 0 Å². The van der Waals surface area contributed by atoms with Gasteiger partial charge in [-0.2, -0.15) is 0 Å². The molecule has 1 aromatic heterocycles. The summed E-state index contributed by atoms with van der Waals surface area (Å²) in [6.45, 7) is 1.10. The topological polar surface area (TPSA) is 31.9 Å². The highest BCUT2D eigenvalue weighted by atomic mass is 15.2. The van der Waals surface area contributed by atoms with E-state index in [-0.39, 0.29) is 0 Å². The molecule has 1 fully saturated rings. The first-order valence-electron chi connectivity index (χ1n) is 5.99. The van der Waals surface area contributed by atoms with Crippen LogP contribution in [0.5, 0.6) is 0 Å². The van der Waals surface area contributed by atoms with Gasteiger partial charge >= 0.3 is 0 Å². The summed E-state index contributed by atoms with van der Waals surface area (Å²) in [5.41, 5.74) is 2.17. The van der Waals surface area contributed by atoms with E-state index in [1.54, 1.807) is 0 Å². The van der Waals surface area contributed by atoms with Crippen LogP contribution < -0.4 is 4.90 Å². The van der Waals surface area contributed by atoms with Crippen molar-refractivity contribution in [3.63, 3.8) is 0 Å². The zero-order chi connectivity index (χ0) is 11.0. The van der Waals surface area contributed by atoms with Gasteiger partial charge in [0, 0.05) is 13.6 Å². The minimum Gasteiger partial charge on any atom is -0.345 e. The molecule has 16 heavy (non-hydrogen) atoms. The van der Waals surface area contributed by atoms with Crippen LogP contribution in [0.3, 0.4) is 0 Å². The number of imidazole rings is 1. The third kappa shape index (κ3) is 1.90. The minimum atomic E-state index is 0.979. The molecule has 0 radical (unpaired) electrons. The highest BCUT2D eigenvalue weighted by Gasteiger charge is 2.21. The Balaban J connectivity index is 1.76. The Morgan fingerprint density at radius 2 is 2.19 bits per heavy atom. The lowest BCUT2D eigenvalue weighted by Gasteiger charge is -2.14. The van der Waals surface area contributed by atoms with Gasteiger partial charge in [-0.15, -0.1) is 0 Å². The van der Waals surface area contributed by atoms with E-state index >= 15 is 0 Å². The molecule has 3 rings (SSSR count). The second-order valence-electron chi connectivity index (χ2n) is 4.73. The van der Waals surface area contributed by atoms with Crippen molar-refractivity contribution in [1.29, 1.82) is 0 Å². The molecule has 1 heterocycles. The van der Waals surface area contributed by atoms with Gasteiger partial charge < -0.3 is 9.88 Å². The summed E-state index contributed by atoms with van der Waals surface area (Å²) in [4.78, 5) is 10.2. The van der Waals surface area contributed by atoms with E-state index in [0.29, 0.717) is 0 Å². The number of anilines is 1. The number of aromatic amines is 1. The maximum atomic E-state index is 4.58. The van der Waals surface area contributed by atoms with Crippen molar-refractivity contribution in [2.75, 3.05) is 18.5 Å². The molecule has 2 aromatic rings. The van der Waals surface area contributed by atoms with Crippen LogP contribution in [0.1, 0.15) is 19.3 Å². The fourth-order valence-corrected chi connectivity index (χ4v) is 2.01. The van der Waals surface area contributed by atoms with Crippen LogP contribution in [0.15, 0.2) is 24.3 Å². The van der Waals surface area contributed by atoms with Crippen LogP contribution in [-0.4, -0.2) is 23.6 Å². The number of nitrogens with one attached hydrogen (secondary N) is 1. The smallest absolute Gasteiger partial charge is 0.203 e. The van der Waals surface area contributed by atoms with Crippen molar-refractivity contribution in [1.82, 2.24) is 9.97 Å². The second-order valence-corrected chi connectivity index (χ2v) is 4.73. The maximum absolute atomic E-state index is 4.58. The molecular formula is C13H17N3. The Hall–Kier alpha value is -1.51. The molecule has 1 aliphatic rings. The highest BCUT2D eigenvalue weighted by Crippen LogP contribution is 2.32. The van der Waals surface area contributed by atoms with Crippen LogP contribution in [0.25, 0.3) is 11.0 Å². The van der Waals surface area contributed by atoms with Crippen molar-refractivity contribution in [3.8, 4) is 0 Å². The molecule has 1 aromatic carbocycles. The number of fused-ring (bicyclic) bond motifs is 1. The molecule has 1 N–H and O–H groups in total. The summed E-state index contributed by atoms with van der Waals surface area (Å²) < 4.78 is 0. The van der Waals surface area contributed by atoms with Crippen LogP contribution >= 0.6 is 0 Å².